The third-order valence-electron chi connectivity index (χ3n) is 4.88. The Kier molecular flexibility index (Phi) is 2.23. The van der Waals surface area contributed by atoms with Crippen LogP contribution in [0.4, 0.5) is 0 Å². The van der Waals surface area contributed by atoms with Gasteiger partial charge in [0.15, 0.2) is 0 Å². The molecule has 0 atom stereocenters. The van der Waals surface area contributed by atoms with Crippen LogP contribution in [0.1, 0.15) is 0 Å². The summed E-state index contributed by atoms with van der Waals surface area (Å²) < 4.78 is 13.5. The van der Waals surface area contributed by atoms with Crippen molar-refractivity contribution in [2.45, 2.75) is 0 Å². The zero-order chi connectivity index (χ0) is 16.0. The Labute approximate surface area is 146 Å². The molecule has 0 aromatic heterocycles. The molecule has 2 nitrogen and oxygen atoms in total. The minimum atomic E-state index is 0.746. The van der Waals surface area contributed by atoms with Crippen LogP contribution < -0.4 is 5.46 Å². The highest BCUT2D eigenvalue weighted by molar-refractivity contribution is 9.10. The van der Waals surface area contributed by atoms with Gasteiger partial charge in [-0.1, -0.05) is 33.5 Å². The summed E-state index contributed by atoms with van der Waals surface area (Å²) in [6, 6.07) is 15.9. The normalized spacial score (nSPS) is 12.5. The fourth-order valence-electron chi connectivity index (χ4n) is 3.85. The van der Waals surface area contributed by atoms with Gasteiger partial charge in [-0.05, 0) is 41.8 Å². The van der Waals surface area contributed by atoms with E-state index in [1.807, 2.05) is 42.5 Å². The Bertz CT molecular complexity index is 1270. The molecule has 0 saturated heterocycles. The van der Waals surface area contributed by atoms with Crippen LogP contribution in [0.2, 0.25) is 0 Å². The second kappa shape index (κ2) is 4.14. The predicted molar refractivity (Wildman–Crippen MR) is 102 cm³/mol. The summed E-state index contributed by atoms with van der Waals surface area (Å²) in [6.07, 6.45) is 0. The highest BCUT2D eigenvalue weighted by Gasteiger charge is 2.24. The third-order valence-corrected chi connectivity index (χ3v) is 5.57. The molecule has 2 radical (unpaired) electrons. The van der Waals surface area contributed by atoms with E-state index in [9.17, 15) is 0 Å². The lowest BCUT2D eigenvalue weighted by atomic mass is 9.85. The fourth-order valence-corrected chi connectivity index (χ4v) is 4.32. The van der Waals surface area contributed by atoms with Crippen molar-refractivity contribution in [3.63, 3.8) is 0 Å². The Morgan fingerprint density at radius 3 is 1.88 bits per heavy atom. The maximum atomic E-state index is 6.22. The molecule has 24 heavy (non-hydrogen) atoms. The third kappa shape index (κ3) is 1.39. The van der Waals surface area contributed by atoms with Crippen molar-refractivity contribution in [1.29, 1.82) is 0 Å². The van der Waals surface area contributed by atoms with Gasteiger partial charge in [0.05, 0.1) is 0 Å². The van der Waals surface area contributed by atoms with Crippen molar-refractivity contribution in [1.82, 2.24) is 0 Å². The zero-order valence-electron chi connectivity index (χ0n) is 12.4. The maximum Gasteiger partial charge on any atom is 0.136 e. The summed E-state index contributed by atoms with van der Waals surface area (Å²) in [6.45, 7) is 0. The standard InChI is InChI=1S/C20H8BBrO2/c21-11-3-7-13-17-9(11)1-5-15-19(17)20-16(23-13)6-2-10-12(22)4-8-14(24-15)18(10)20/h1-8H. The summed E-state index contributed by atoms with van der Waals surface area (Å²) in [5, 5.41) is 4.22. The van der Waals surface area contributed by atoms with Crippen LogP contribution in [-0.2, 0) is 0 Å². The van der Waals surface area contributed by atoms with E-state index in [-0.39, 0.29) is 0 Å². The van der Waals surface area contributed by atoms with Gasteiger partial charge >= 0.3 is 0 Å². The van der Waals surface area contributed by atoms with Gasteiger partial charge in [0, 0.05) is 31.8 Å². The van der Waals surface area contributed by atoms with E-state index < -0.39 is 0 Å². The Balaban J connectivity index is 2.06. The molecule has 0 spiro atoms. The smallest absolute Gasteiger partial charge is 0.136 e. The molecule has 0 saturated carbocycles. The van der Waals surface area contributed by atoms with Crippen LogP contribution in [0.15, 0.2) is 61.8 Å². The summed E-state index contributed by atoms with van der Waals surface area (Å²) in [5.41, 5.74) is 6.30. The average Bonchev–Trinajstić information content (AvgIpc) is 2.61. The van der Waals surface area contributed by atoms with Crippen LogP contribution in [0.3, 0.4) is 0 Å². The van der Waals surface area contributed by atoms with Crippen molar-refractivity contribution in [2.24, 2.45) is 0 Å². The van der Waals surface area contributed by atoms with Crippen molar-refractivity contribution >= 4 is 73.1 Å². The van der Waals surface area contributed by atoms with Gasteiger partial charge in [0.2, 0.25) is 0 Å². The Morgan fingerprint density at radius 2 is 1.17 bits per heavy atom. The molecule has 2 aliphatic rings. The lowest BCUT2D eigenvalue weighted by Crippen LogP contribution is -2.05. The van der Waals surface area contributed by atoms with Crippen LogP contribution in [0.5, 0.6) is 0 Å². The van der Waals surface area contributed by atoms with Crippen LogP contribution in [0.25, 0.3) is 55.0 Å². The van der Waals surface area contributed by atoms with Crippen molar-refractivity contribution < 1.29 is 8.83 Å². The molecule has 4 aromatic rings. The molecule has 0 amide bonds. The van der Waals surface area contributed by atoms with Gasteiger partial charge in [-0.2, -0.15) is 0 Å². The van der Waals surface area contributed by atoms with E-state index in [1.165, 1.54) is 0 Å². The van der Waals surface area contributed by atoms with E-state index in [4.69, 9.17) is 16.7 Å². The van der Waals surface area contributed by atoms with Gasteiger partial charge in [0.25, 0.3) is 0 Å². The van der Waals surface area contributed by atoms with Crippen LogP contribution in [0, 0.1) is 0 Å². The van der Waals surface area contributed by atoms with Gasteiger partial charge in [-0.15, -0.1) is 0 Å². The minimum absolute atomic E-state index is 0.746. The quantitative estimate of drug-likeness (QED) is 0.198. The average molecular weight is 371 g/mol. The van der Waals surface area contributed by atoms with E-state index in [0.29, 0.717) is 0 Å². The molecule has 0 N–H and O–H groups in total. The van der Waals surface area contributed by atoms with Gasteiger partial charge in [0.1, 0.15) is 30.2 Å². The lowest BCUT2D eigenvalue weighted by molar-refractivity contribution is 0.646. The topological polar surface area (TPSA) is 26.3 Å². The van der Waals surface area contributed by atoms with Gasteiger partial charge in [-0.3, -0.25) is 0 Å². The molecule has 4 heteroatoms. The van der Waals surface area contributed by atoms with Crippen LogP contribution >= 0.6 is 15.9 Å². The molecule has 0 bridgehead atoms. The highest BCUT2D eigenvalue weighted by atomic mass is 79.9. The first-order valence-corrected chi connectivity index (χ1v) is 8.48. The number of hydrogen-bond donors (Lipinski definition) is 0. The molecule has 4 aromatic carbocycles. The van der Waals surface area contributed by atoms with Gasteiger partial charge in [-0.25, -0.2) is 0 Å². The molecular formula is C20H8BBrO2. The monoisotopic (exact) mass is 370 g/mol. The molecule has 0 unspecified atom stereocenters. The summed E-state index contributed by atoms with van der Waals surface area (Å²) in [7, 11) is 6.19. The Morgan fingerprint density at radius 1 is 0.625 bits per heavy atom. The molecule has 0 aliphatic carbocycles. The predicted octanol–water partition coefficient (Wildman–Crippen LogP) is 5.58. The molecular weight excluding hydrogens is 363 g/mol. The maximum absolute atomic E-state index is 6.22. The van der Waals surface area contributed by atoms with E-state index >= 15 is 0 Å². The fraction of sp³-hybridized carbons (Fsp3) is 0. The van der Waals surface area contributed by atoms with E-state index in [0.717, 1.165) is 64.9 Å². The molecule has 110 valence electrons. The second-order valence-electron chi connectivity index (χ2n) is 6.13. The lowest BCUT2D eigenvalue weighted by Gasteiger charge is -2.20. The number of hydrogen-bond acceptors (Lipinski definition) is 2. The number of rotatable bonds is 0. The second-order valence-corrected chi connectivity index (χ2v) is 6.98. The zero-order valence-corrected chi connectivity index (χ0v) is 14.0. The number of benzene rings is 4. The van der Waals surface area contributed by atoms with E-state index in [1.54, 1.807) is 0 Å². The molecule has 2 heterocycles. The molecule has 0 fully saturated rings. The van der Waals surface area contributed by atoms with Crippen molar-refractivity contribution in [2.75, 3.05) is 0 Å². The first kappa shape index (κ1) is 12.9. The van der Waals surface area contributed by atoms with Crippen LogP contribution in [-0.4, -0.2) is 7.85 Å². The number of halogens is 1. The first-order valence-electron chi connectivity index (χ1n) is 7.69. The van der Waals surface area contributed by atoms with Gasteiger partial charge < -0.3 is 8.83 Å². The summed E-state index contributed by atoms with van der Waals surface area (Å²) in [5.74, 6) is 0. The highest BCUT2D eigenvalue weighted by Crippen LogP contribution is 2.48. The van der Waals surface area contributed by atoms with Crippen molar-refractivity contribution in [3.8, 4) is 11.1 Å². The molecule has 6 rings (SSSR count). The summed E-state index contributed by atoms with van der Waals surface area (Å²) >= 11 is 3.64. The SMILES string of the molecule is [B]c1ccc2oc3ccc4c(Br)ccc5oc6ccc1c2c6-c3c54. The van der Waals surface area contributed by atoms with Crippen molar-refractivity contribution in [3.05, 3.63) is 53.0 Å². The largest absolute Gasteiger partial charge is 0.456 e. The minimum Gasteiger partial charge on any atom is -0.456 e. The Hall–Kier alpha value is -2.46. The van der Waals surface area contributed by atoms with E-state index in [2.05, 4.69) is 22.0 Å². The molecule has 2 aliphatic heterocycles. The first-order chi connectivity index (χ1) is 11.7. The summed E-state index contributed by atoms with van der Waals surface area (Å²) in [4.78, 5) is 0.